The zero-order valence-corrected chi connectivity index (χ0v) is 11.9. The van der Waals surface area contributed by atoms with Crippen LogP contribution in [-0.2, 0) is 0 Å². The van der Waals surface area contributed by atoms with E-state index in [9.17, 15) is 5.11 Å². The summed E-state index contributed by atoms with van der Waals surface area (Å²) in [6, 6.07) is 0. The molecule has 4 N–H and O–H groups in total. The number of nitrogens with two attached hydrogens (primary N) is 1. The summed E-state index contributed by atoms with van der Waals surface area (Å²) in [6.07, 6.45) is 1.32. The first-order valence-corrected chi connectivity index (χ1v) is 6.75. The van der Waals surface area contributed by atoms with Gasteiger partial charge in [0.25, 0.3) is 0 Å². The second kappa shape index (κ2) is 7.73. The van der Waals surface area contributed by atoms with Gasteiger partial charge in [0.2, 0.25) is 17.8 Å². The number of anilines is 3. The molecule has 0 aromatic carbocycles. The van der Waals surface area contributed by atoms with Crippen molar-refractivity contribution in [2.45, 2.75) is 39.7 Å². The lowest BCUT2D eigenvalue weighted by atomic mass is 10.2. The number of rotatable bonds is 8. The molecule has 0 fully saturated rings. The molecule has 1 rings (SSSR count). The lowest BCUT2D eigenvalue weighted by Crippen LogP contribution is -2.25. The molecule has 19 heavy (non-hydrogen) atoms. The number of nitrogen functional groups attached to an aromatic ring is 1. The predicted octanol–water partition coefficient (Wildman–Crippen LogP) is 0.873. The van der Waals surface area contributed by atoms with Crippen LogP contribution in [0.5, 0.6) is 0 Å². The van der Waals surface area contributed by atoms with Gasteiger partial charge in [0.15, 0.2) is 0 Å². The van der Waals surface area contributed by atoms with Gasteiger partial charge in [-0.15, -0.1) is 0 Å². The molecule has 108 valence electrons. The maximum Gasteiger partial charge on any atom is 0.231 e. The van der Waals surface area contributed by atoms with Gasteiger partial charge in [0, 0.05) is 19.6 Å². The van der Waals surface area contributed by atoms with Gasteiger partial charge in [-0.05, 0) is 33.6 Å². The lowest BCUT2D eigenvalue weighted by molar-refractivity contribution is 0.183. The molecule has 0 saturated heterocycles. The van der Waals surface area contributed by atoms with Crippen molar-refractivity contribution in [1.82, 2.24) is 15.0 Å². The van der Waals surface area contributed by atoms with E-state index in [1.807, 2.05) is 18.7 Å². The van der Waals surface area contributed by atoms with Gasteiger partial charge < -0.3 is 21.1 Å². The SMILES string of the molecule is CCN(CC)c1nc(N)nc(NCCCC(C)O)n1. The Morgan fingerprint density at radius 2 is 1.95 bits per heavy atom. The number of nitrogens with zero attached hydrogens (tertiary/aromatic N) is 4. The Morgan fingerprint density at radius 1 is 1.26 bits per heavy atom. The smallest absolute Gasteiger partial charge is 0.231 e. The van der Waals surface area contributed by atoms with Gasteiger partial charge in [0.1, 0.15) is 0 Å². The molecule has 0 aliphatic heterocycles. The van der Waals surface area contributed by atoms with E-state index in [0.717, 1.165) is 25.9 Å². The molecule has 1 unspecified atom stereocenters. The minimum absolute atomic E-state index is 0.218. The fraction of sp³-hybridized carbons (Fsp3) is 0.750. The number of hydrogen-bond donors (Lipinski definition) is 3. The van der Waals surface area contributed by atoms with E-state index in [0.29, 0.717) is 18.4 Å². The highest BCUT2D eigenvalue weighted by molar-refractivity contribution is 5.41. The summed E-state index contributed by atoms with van der Waals surface area (Å²) in [7, 11) is 0. The molecule has 1 heterocycles. The van der Waals surface area contributed by atoms with Crippen LogP contribution >= 0.6 is 0 Å². The quantitative estimate of drug-likeness (QED) is 0.601. The molecule has 0 aliphatic carbocycles. The van der Waals surface area contributed by atoms with Gasteiger partial charge >= 0.3 is 0 Å². The van der Waals surface area contributed by atoms with Crippen LogP contribution in [-0.4, -0.2) is 45.8 Å². The molecular weight excluding hydrogens is 244 g/mol. The van der Waals surface area contributed by atoms with Crippen molar-refractivity contribution >= 4 is 17.8 Å². The Kier molecular flexibility index (Phi) is 6.27. The minimum atomic E-state index is -0.281. The average molecular weight is 268 g/mol. The largest absolute Gasteiger partial charge is 0.393 e. The predicted molar refractivity (Wildman–Crippen MR) is 77.2 cm³/mol. The van der Waals surface area contributed by atoms with Crippen LogP contribution in [0.4, 0.5) is 17.8 Å². The monoisotopic (exact) mass is 268 g/mol. The highest BCUT2D eigenvalue weighted by Crippen LogP contribution is 2.11. The van der Waals surface area contributed by atoms with Gasteiger partial charge in [0.05, 0.1) is 6.10 Å². The second-order valence-corrected chi connectivity index (χ2v) is 4.41. The number of aliphatic hydroxyl groups excluding tert-OH is 1. The number of aliphatic hydroxyl groups is 1. The van der Waals surface area contributed by atoms with Gasteiger partial charge in [-0.2, -0.15) is 15.0 Å². The van der Waals surface area contributed by atoms with E-state index in [-0.39, 0.29) is 12.1 Å². The van der Waals surface area contributed by atoms with E-state index >= 15 is 0 Å². The zero-order chi connectivity index (χ0) is 14.3. The van der Waals surface area contributed by atoms with Crippen LogP contribution in [0.1, 0.15) is 33.6 Å². The molecule has 0 saturated carbocycles. The van der Waals surface area contributed by atoms with Gasteiger partial charge in [-0.25, -0.2) is 0 Å². The molecule has 1 atom stereocenters. The van der Waals surface area contributed by atoms with Crippen LogP contribution in [0.3, 0.4) is 0 Å². The number of hydrogen-bond acceptors (Lipinski definition) is 7. The van der Waals surface area contributed by atoms with Crippen molar-refractivity contribution in [3.8, 4) is 0 Å². The van der Waals surface area contributed by atoms with Gasteiger partial charge in [-0.1, -0.05) is 0 Å². The third kappa shape index (κ3) is 5.25. The Labute approximate surface area is 114 Å². The maximum atomic E-state index is 9.18. The van der Waals surface area contributed by atoms with Crippen LogP contribution in [0.25, 0.3) is 0 Å². The van der Waals surface area contributed by atoms with Crippen molar-refractivity contribution < 1.29 is 5.11 Å². The standard InChI is InChI=1S/C12H24N6O/c1-4-18(5-2)12-16-10(13)15-11(17-12)14-8-6-7-9(3)19/h9,19H,4-8H2,1-3H3,(H3,13,14,15,16,17). The van der Waals surface area contributed by atoms with E-state index in [4.69, 9.17) is 5.73 Å². The van der Waals surface area contributed by atoms with Crippen LogP contribution in [0.15, 0.2) is 0 Å². The van der Waals surface area contributed by atoms with Crippen molar-refractivity contribution in [1.29, 1.82) is 0 Å². The third-order valence-electron chi connectivity index (χ3n) is 2.77. The van der Waals surface area contributed by atoms with Crippen LogP contribution < -0.4 is 16.0 Å². The second-order valence-electron chi connectivity index (χ2n) is 4.41. The van der Waals surface area contributed by atoms with E-state index in [2.05, 4.69) is 20.3 Å². The zero-order valence-electron chi connectivity index (χ0n) is 11.9. The molecular formula is C12H24N6O. The Bertz CT molecular complexity index is 380. The molecule has 1 aromatic rings. The van der Waals surface area contributed by atoms with E-state index in [1.54, 1.807) is 6.92 Å². The van der Waals surface area contributed by atoms with Crippen molar-refractivity contribution in [3.63, 3.8) is 0 Å². The minimum Gasteiger partial charge on any atom is -0.393 e. The van der Waals surface area contributed by atoms with Gasteiger partial charge in [-0.3, -0.25) is 0 Å². The number of nitrogens with one attached hydrogen (secondary N) is 1. The maximum absolute atomic E-state index is 9.18. The molecule has 0 spiro atoms. The summed E-state index contributed by atoms with van der Waals surface area (Å²) in [5.74, 6) is 1.30. The highest BCUT2D eigenvalue weighted by atomic mass is 16.3. The molecule has 0 aliphatic rings. The Balaban J connectivity index is 2.63. The first-order valence-electron chi connectivity index (χ1n) is 6.75. The number of aromatic nitrogens is 3. The summed E-state index contributed by atoms with van der Waals surface area (Å²) in [5, 5.41) is 12.3. The first kappa shape index (κ1) is 15.4. The van der Waals surface area contributed by atoms with E-state index in [1.165, 1.54) is 0 Å². The summed E-state index contributed by atoms with van der Waals surface area (Å²) in [4.78, 5) is 14.5. The van der Waals surface area contributed by atoms with Crippen molar-refractivity contribution in [2.75, 3.05) is 35.6 Å². The Morgan fingerprint density at radius 3 is 2.53 bits per heavy atom. The summed E-state index contributed by atoms with van der Waals surface area (Å²) >= 11 is 0. The topological polar surface area (TPSA) is 100 Å². The van der Waals surface area contributed by atoms with Crippen LogP contribution in [0.2, 0.25) is 0 Å². The summed E-state index contributed by atoms with van der Waals surface area (Å²) in [6.45, 7) is 8.20. The Hall–Kier alpha value is -1.63. The summed E-state index contributed by atoms with van der Waals surface area (Å²) in [5.41, 5.74) is 5.69. The molecule has 7 nitrogen and oxygen atoms in total. The van der Waals surface area contributed by atoms with E-state index < -0.39 is 0 Å². The fourth-order valence-electron chi connectivity index (χ4n) is 1.71. The third-order valence-corrected chi connectivity index (χ3v) is 2.77. The molecule has 1 aromatic heterocycles. The van der Waals surface area contributed by atoms with Crippen molar-refractivity contribution in [2.24, 2.45) is 0 Å². The normalized spacial score (nSPS) is 12.2. The highest BCUT2D eigenvalue weighted by Gasteiger charge is 2.09. The molecule has 0 radical (unpaired) electrons. The van der Waals surface area contributed by atoms with Crippen LogP contribution in [0, 0.1) is 0 Å². The molecule has 0 bridgehead atoms. The summed E-state index contributed by atoms with van der Waals surface area (Å²) < 4.78 is 0. The molecule has 0 amide bonds. The average Bonchev–Trinajstić information content (AvgIpc) is 2.35. The lowest BCUT2D eigenvalue weighted by Gasteiger charge is -2.19. The van der Waals surface area contributed by atoms with Crippen molar-refractivity contribution in [3.05, 3.63) is 0 Å². The fourth-order valence-corrected chi connectivity index (χ4v) is 1.71. The first-order chi connectivity index (χ1) is 9.06. The molecule has 7 heteroatoms.